The molecule has 0 radical (unpaired) electrons. The summed E-state index contributed by atoms with van der Waals surface area (Å²) in [6.45, 7) is 1.12. The predicted molar refractivity (Wildman–Crippen MR) is 68.5 cm³/mol. The predicted octanol–water partition coefficient (Wildman–Crippen LogP) is 1.14. The average molecular weight is 266 g/mol. The van der Waals surface area contributed by atoms with Gasteiger partial charge < -0.3 is 15.6 Å². The molecule has 0 saturated heterocycles. The van der Waals surface area contributed by atoms with Crippen LogP contribution in [0.1, 0.15) is 10.5 Å². The molecule has 0 aliphatic rings. The molecule has 0 saturated carbocycles. The van der Waals surface area contributed by atoms with Gasteiger partial charge in [0.25, 0.3) is 5.91 Å². The Morgan fingerprint density at radius 1 is 1.50 bits per heavy atom. The van der Waals surface area contributed by atoms with Crippen LogP contribution in [0, 0.1) is 0 Å². The molecule has 7 heteroatoms. The lowest BCUT2D eigenvalue weighted by Gasteiger charge is -2.02. The number of pyridine rings is 1. The third-order valence-electron chi connectivity index (χ3n) is 2.24. The van der Waals surface area contributed by atoms with E-state index in [4.69, 9.17) is 17.3 Å². The van der Waals surface area contributed by atoms with Crippen molar-refractivity contribution in [3.05, 3.63) is 41.7 Å². The molecule has 2 rings (SSSR count). The number of halogens is 1. The van der Waals surface area contributed by atoms with Gasteiger partial charge in [-0.1, -0.05) is 11.6 Å². The number of carbonyl (C=O) groups excluding carboxylic acids is 1. The number of nitrogens with zero attached hydrogens (tertiary/aromatic N) is 3. The minimum absolute atomic E-state index is 0.298. The van der Waals surface area contributed by atoms with Crippen LogP contribution in [-0.4, -0.2) is 27.0 Å². The fourth-order valence-electron chi connectivity index (χ4n) is 1.42. The summed E-state index contributed by atoms with van der Waals surface area (Å²) in [5.41, 5.74) is 6.32. The zero-order valence-corrected chi connectivity index (χ0v) is 10.3. The monoisotopic (exact) mass is 265 g/mol. The number of nitrogens with one attached hydrogen (secondary N) is 1. The van der Waals surface area contributed by atoms with E-state index in [1.807, 2.05) is 0 Å². The van der Waals surface area contributed by atoms with E-state index in [0.717, 1.165) is 0 Å². The Morgan fingerprint density at radius 2 is 2.33 bits per heavy atom. The van der Waals surface area contributed by atoms with Gasteiger partial charge in [-0.25, -0.2) is 9.97 Å². The maximum Gasteiger partial charge on any atom is 0.275 e. The van der Waals surface area contributed by atoms with Crippen LogP contribution in [0.4, 0.5) is 5.69 Å². The first-order valence-electron chi connectivity index (χ1n) is 5.34. The molecule has 2 aromatic heterocycles. The molecule has 0 spiro atoms. The van der Waals surface area contributed by atoms with Gasteiger partial charge in [0.15, 0.2) is 0 Å². The van der Waals surface area contributed by atoms with Crippen LogP contribution < -0.4 is 11.1 Å². The van der Waals surface area contributed by atoms with Crippen LogP contribution >= 0.6 is 11.6 Å². The summed E-state index contributed by atoms with van der Waals surface area (Å²) in [4.78, 5) is 19.7. The normalized spacial score (nSPS) is 10.3. The molecule has 3 N–H and O–H groups in total. The van der Waals surface area contributed by atoms with Crippen LogP contribution in [0.25, 0.3) is 0 Å². The van der Waals surface area contributed by atoms with E-state index < -0.39 is 0 Å². The van der Waals surface area contributed by atoms with Gasteiger partial charge in [0.2, 0.25) is 0 Å². The van der Waals surface area contributed by atoms with Crippen molar-refractivity contribution >= 4 is 23.2 Å². The van der Waals surface area contributed by atoms with Crippen LogP contribution in [0.15, 0.2) is 30.9 Å². The SMILES string of the molecule is NCCn1cnc(C(=O)Nc2ccnc(Cl)c2)c1. The summed E-state index contributed by atoms with van der Waals surface area (Å²) in [6.07, 6.45) is 4.73. The zero-order chi connectivity index (χ0) is 13.0. The number of carbonyl (C=O) groups is 1. The molecule has 1 amide bonds. The Hall–Kier alpha value is -1.92. The Kier molecular flexibility index (Phi) is 3.91. The molecule has 0 fully saturated rings. The second kappa shape index (κ2) is 5.61. The van der Waals surface area contributed by atoms with Crippen molar-refractivity contribution < 1.29 is 4.79 Å². The van der Waals surface area contributed by atoms with E-state index in [9.17, 15) is 4.79 Å². The summed E-state index contributed by atoms with van der Waals surface area (Å²) in [5.74, 6) is -0.298. The highest BCUT2D eigenvalue weighted by Gasteiger charge is 2.09. The number of anilines is 1. The first-order valence-corrected chi connectivity index (χ1v) is 5.71. The summed E-state index contributed by atoms with van der Waals surface area (Å²) in [5, 5.41) is 3.00. The summed E-state index contributed by atoms with van der Waals surface area (Å²) >= 11 is 5.72. The molecule has 2 aromatic rings. The number of hydrogen-bond acceptors (Lipinski definition) is 4. The van der Waals surface area contributed by atoms with Gasteiger partial charge in [-0.15, -0.1) is 0 Å². The van der Waals surface area contributed by atoms with Gasteiger partial charge in [0.05, 0.1) is 6.33 Å². The first kappa shape index (κ1) is 12.5. The van der Waals surface area contributed by atoms with E-state index in [-0.39, 0.29) is 5.91 Å². The molecule has 0 aliphatic heterocycles. The number of nitrogens with two attached hydrogens (primary N) is 1. The summed E-state index contributed by atoms with van der Waals surface area (Å²) < 4.78 is 1.76. The first-order chi connectivity index (χ1) is 8.69. The average Bonchev–Trinajstić information content (AvgIpc) is 2.78. The lowest BCUT2D eigenvalue weighted by atomic mass is 10.3. The van der Waals surface area contributed by atoms with Crippen molar-refractivity contribution in [3.8, 4) is 0 Å². The second-order valence-electron chi connectivity index (χ2n) is 3.61. The fraction of sp³-hybridized carbons (Fsp3) is 0.182. The van der Waals surface area contributed by atoms with Gasteiger partial charge in [0, 0.05) is 31.2 Å². The maximum absolute atomic E-state index is 11.9. The van der Waals surface area contributed by atoms with Crippen molar-refractivity contribution in [2.75, 3.05) is 11.9 Å². The van der Waals surface area contributed by atoms with Gasteiger partial charge in [0.1, 0.15) is 10.8 Å². The zero-order valence-electron chi connectivity index (χ0n) is 9.51. The molecule has 18 heavy (non-hydrogen) atoms. The molecule has 6 nitrogen and oxygen atoms in total. The van der Waals surface area contributed by atoms with Crippen molar-refractivity contribution in [2.24, 2.45) is 5.73 Å². The molecule has 94 valence electrons. The third-order valence-corrected chi connectivity index (χ3v) is 2.44. The number of hydrogen-bond donors (Lipinski definition) is 2. The summed E-state index contributed by atoms with van der Waals surface area (Å²) in [7, 11) is 0. The van der Waals surface area contributed by atoms with Crippen LogP contribution in [0.3, 0.4) is 0 Å². The minimum Gasteiger partial charge on any atom is -0.335 e. The summed E-state index contributed by atoms with van der Waals surface area (Å²) in [6, 6.07) is 3.22. The lowest BCUT2D eigenvalue weighted by molar-refractivity contribution is 0.102. The smallest absolute Gasteiger partial charge is 0.275 e. The van der Waals surface area contributed by atoms with Gasteiger partial charge in [-0.3, -0.25) is 4.79 Å². The number of aromatic nitrogens is 3. The maximum atomic E-state index is 11.9. The molecule has 0 unspecified atom stereocenters. The van der Waals surface area contributed by atoms with Gasteiger partial charge in [-0.2, -0.15) is 0 Å². The number of imidazole rings is 1. The third kappa shape index (κ3) is 3.06. The second-order valence-corrected chi connectivity index (χ2v) is 3.99. The van der Waals surface area contributed by atoms with E-state index >= 15 is 0 Å². The highest BCUT2D eigenvalue weighted by Crippen LogP contribution is 2.12. The molecular formula is C11H12ClN5O. The molecule has 0 atom stereocenters. The van der Waals surface area contributed by atoms with Crippen LogP contribution in [-0.2, 0) is 6.54 Å². The highest BCUT2D eigenvalue weighted by molar-refractivity contribution is 6.29. The fourth-order valence-corrected chi connectivity index (χ4v) is 1.60. The van der Waals surface area contributed by atoms with Gasteiger partial charge in [-0.05, 0) is 12.1 Å². The number of amides is 1. The lowest BCUT2D eigenvalue weighted by Crippen LogP contribution is -2.12. The van der Waals surface area contributed by atoms with Crippen LogP contribution in [0.2, 0.25) is 5.15 Å². The van der Waals surface area contributed by atoms with E-state index in [1.54, 1.807) is 29.2 Å². The molecule has 2 heterocycles. The van der Waals surface area contributed by atoms with Gasteiger partial charge >= 0.3 is 0 Å². The Balaban J connectivity index is 2.07. The largest absolute Gasteiger partial charge is 0.335 e. The molecule has 0 aliphatic carbocycles. The van der Waals surface area contributed by atoms with E-state index in [1.165, 1.54) is 6.20 Å². The highest BCUT2D eigenvalue weighted by atomic mass is 35.5. The molecule has 0 bridgehead atoms. The number of rotatable bonds is 4. The molecule has 0 aromatic carbocycles. The topological polar surface area (TPSA) is 85.8 Å². The Morgan fingerprint density at radius 3 is 3.06 bits per heavy atom. The minimum atomic E-state index is -0.298. The Bertz CT molecular complexity index is 554. The quantitative estimate of drug-likeness (QED) is 0.812. The van der Waals surface area contributed by atoms with E-state index in [2.05, 4.69) is 15.3 Å². The standard InChI is InChI=1S/C11H12ClN5O/c12-10-5-8(1-3-14-10)16-11(18)9-6-17(4-2-13)7-15-9/h1,3,5-7H,2,4,13H2,(H,14,16,18). The van der Waals surface area contributed by atoms with Crippen molar-refractivity contribution in [1.29, 1.82) is 0 Å². The van der Waals surface area contributed by atoms with Crippen molar-refractivity contribution in [3.63, 3.8) is 0 Å². The van der Waals surface area contributed by atoms with Crippen LogP contribution in [0.5, 0.6) is 0 Å². The van der Waals surface area contributed by atoms with E-state index in [0.29, 0.717) is 29.6 Å². The van der Waals surface area contributed by atoms with Crippen molar-refractivity contribution in [2.45, 2.75) is 6.54 Å². The Labute approximate surface area is 109 Å². The van der Waals surface area contributed by atoms with Crippen molar-refractivity contribution in [1.82, 2.24) is 14.5 Å². The molecular weight excluding hydrogens is 254 g/mol.